The summed E-state index contributed by atoms with van der Waals surface area (Å²) in [5.41, 5.74) is 0.912. The number of fused-ring (bicyclic) bond motifs is 1. The Hall–Kier alpha value is -2.45. The van der Waals surface area contributed by atoms with E-state index >= 15 is 0 Å². The van der Waals surface area contributed by atoms with Crippen LogP contribution in [0.15, 0.2) is 28.9 Å². The summed E-state index contributed by atoms with van der Waals surface area (Å²) in [6, 6.07) is 5.72. The average molecular weight is 341 g/mol. The molecule has 3 aromatic heterocycles. The monoisotopic (exact) mass is 341 g/mol. The summed E-state index contributed by atoms with van der Waals surface area (Å²) >= 11 is 0. The SMILES string of the molecule is Cc1cc(N2CCC3(CC2)OCCO3)n2nc(-c3ccco3)nc2n1. The van der Waals surface area contributed by atoms with Gasteiger partial charge in [-0.1, -0.05) is 0 Å². The van der Waals surface area contributed by atoms with Crippen molar-refractivity contribution < 1.29 is 13.9 Å². The quantitative estimate of drug-likeness (QED) is 0.706. The normalized spacial score (nSPS) is 20.0. The van der Waals surface area contributed by atoms with Gasteiger partial charge < -0.3 is 18.8 Å². The van der Waals surface area contributed by atoms with E-state index in [1.165, 1.54) is 0 Å². The first-order chi connectivity index (χ1) is 12.2. The summed E-state index contributed by atoms with van der Waals surface area (Å²) in [5.74, 6) is 2.36. The van der Waals surface area contributed by atoms with Gasteiger partial charge in [-0.05, 0) is 19.1 Å². The molecule has 2 aliphatic rings. The molecule has 5 heterocycles. The molecule has 0 bridgehead atoms. The molecule has 5 rings (SSSR count). The molecule has 0 aromatic carbocycles. The Labute approximate surface area is 144 Å². The number of ether oxygens (including phenoxy) is 2. The van der Waals surface area contributed by atoms with Gasteiger partial charge in [-0.3, -0.25) is 0 Å². The van der Waals surface area contributed by atoms with Crippen LogP contribution in [0.4, 0.5) is 5.82 Å². The first-order valence-corrected chi connectivity index (χ1v) is 8.54. The zero-order valence-corrected chi connectivity index (χ0v) is 14.0. The second-order valence-corrected chi connectivity index (χ2v) is 6.47. The van der Waals surface area contributed by atoms with Gasteiger partial charge in [0.15, 0.2) is 11.5 Å². The lowest BCUT2D eigenvalue weighted by Crippen LogP contribution is -2.45. The first kappa shape index (κ1) is 14.9. The van der Waals surface area contributed by atoms with Crippen molar-refractivity contribution in [1.82, 2.24) is 19.6 Å². The highest BCUT2D eigenvalue weighted by atomic mass is 16.7. The minimum Gasteiger partial charge on any atom is -0.461 e. The molecular formula is C17H19N5O3. The minimum atomic E-state index is -0.389. The maximum atomic E-state index is 5.82. The summed E-state index contributed by atoms with van der Waals surface area (Å²) in [7, 11) is 0. The molecule has 2 fully saturated rings. The molecule has 0 radical (unpaired) electrons. The Morgan fingerprint density at radius 1 is 1.12 bits per heavy atom. The molecule has 1 spiro atoms. The maximum absolute atomic E-state index is 5.82. The molecule has 2 aliphatic heterocycles. The van der Waals surface area contributed by atoms with Crippen molar-refractivity contribution >= 4 is 11.6 Å². The van der Waals surface area contributed by atoms with Crippen molar-refractivity contribution in [3.05, 3.63) is 30.2 Å². The summed E-state index contributed by atoms with van der Waals surface area (Å²) in [6.45, 7) is 5.03. The molecular weight excluding hydrogens is 322 g/mol. The fourth-order valence-electron chi connectivity index (χ4n) is 3.57. The molecule has 0 N–H and O–H groups in total. The molecule has 3 aromatic rings. The Morgan fingerprint density at radius 2 is 1.92 bits per heavy atom. The topological polar surface area (TPSA) is 77.9 Å². The number of hydrogen-bond acceptors (Lipinski definition) is 7. The number of rotatable bonds is 2. The van der Waals surface area contributed by atoms with Gasteiger partial charge in [-0.15, -0.1) is 5.10 Å². The van der Waals surface area contributed by atoms with E-state index in [1.807, 2.05) is 25.1 Å². The van der Waals surface area contributed by atoms with E-state index < -0.39 is 0 Å². The van der Waals surface area contributed by atoms with Crippen LogP contribution in [0.1, 0.15) is 18.5 Å². The van der Waals surface area contributed by atoms with E-state index in [1.54, 1.807) is 10.8 Å². The Morgan fingerprint density at radius 3 is 2.64 bits per heavy atom. The van der Waals surface area contributed by atoms with Crippen LogP contribution >= 0.6 is 0 Å². The van der Waals surface area contributed by atoms with Gasteiger partial charge in [0.1, 0.15) is 5.82 Å². The molecule has 0 saturated carbocycles. The number of anilines is 1. The Balaban J connectivity index is 1.50. The Bertz CT molecular complexity index is 889. The molecule has 8 heteroatoms. The predicted octanol–water partition coefficient (Wildman–Crippen LogP) is 2.04. The number of furan rings is 1. The van der Waals surface area contributed by atoms with Crippen molar-refractivity contribution in [2.24, 2.45) is 0 Å². The smallest absolute Gasteiger partial charge is 0.254 e. The summed E-state index contributed by atoms with van der Waals surface area (Å²) in [5, 5.41) is 4.61. The third-order valence-electron chi connectivity index (χ3n) is 4.83. The lowest BCUT2D eigenvalue weighted by atomic mass is 10.0. The molecule has 0 unspecified atom stereocenters. The van der Waals surface area contributed by atoms with Crippen molar-refractivity contribution in [3.63, 3.8) is 0 Å². The highest BCUT2D eigenvalue weighted by molar-refractivity contribution is 5.54. The van der Waals surface area contributed by atoms with Crippen LogP contribution in [0.2, 0.25) is 0 Å². The zero-order chi connectivity index (χ0) is 16.9. The third kappa shape index (κ3) is 2.49. The molecule has 8 nitrogen and oxygen atoms in total. The predicted molar refractivity (Wildman–Crippen MR) is 89.3 cm³/mol. The molecule has 130 valence electrons. The van der Waals surface area contributed by atoms with Crippen LogP contribution in [0.25, 0.3) is 17.4 Å². The van der Waals surface area contributed by atoms with Crippen molar-refractivity contribution in [2.75, 3.05) is 31.2 Å². The number of piperidine rings is 1. The average Bonchev–Trinajstić information content (AvgIpc) is 3.35. The standard InChI is InChI=1S/C17H19N5O3/c1-12-11-14(21-6-4-17(5-7-21)24-9-10-25-17)22-16(18-12)19-15(20-22)13-3-2-8-23-13/h2-3,8,11H,4-7,9-10H2,1H3. The Kier molecular flexibility index (Phi) is 3.29. The molecule has 0 atom stereocenters. The van der Waals surface area contributed by atoms with E-state index in [-0.39, 0.29) is 5.79 Å². The van der Waals surface area contributed by atoms with Crippen LogP contribution in [0, 0.1) is 6.92 Å². The van der Waals surface area contributed by atoms with Crippen LogP contribution in [0.5, 0.6) is 0 Å². The first-order valence-electron chi connectivity index (χ1n) is 8.54. The highest BCUT2D eigenvalue weighted by Gasteiger charge is 2.40. The van der Waals surface area contributed by atoms with Gasteiger partial charge >= 0.3 is 0 Å². The fourth-order valence-corrected chi connectivity index (χ4v) is 3.57. The second kappa shape index (κ2) is 5.53. The van der Waals surface area contributed by atoms with Crippen molar-refractivity contribution in [1.29, 1.82) is 0 Å². The number of hydrogen-bond donors (Lipinski definition) is 0. The largest absolute Gasteiger partial charge is 0.461 e. The zero-order valence-electron chi connectivity index (χ0n) is 14.0. The third-order valence-corrected chi connectivity index (χ3v) is 4.83. The number of aromatic nitrogens is 4. The van der Waals surface area contributed by atoms with E-state index in [4.69, 9.17) is 13.9 Å². The van der Waals surface area contributed by atoms with Gasteiger partial charge in [0.05, 0.1) is 19.5 Å². The van der Waals surface area contributed by atoms with Crippen LogP contribution < -0.4 is 4.90 Å². The van der Waals surface area contributed by atoms with Gasteiger partial charge in [-0.25, -0.2) is 4.98 Å². The van der Waals surface area contributed by atoms with Crippen molar-refractivity contribution in [2.45, 2.75) is 25.6 Å². The van der Waals surface area contributed by atoms with Gasteiger partial charge in [0.2, 0.25) is 5.82 Å². The van der Waals surface area contributed by atoms with Crippen molar-refractivity contribution in [3.8, 4) is 11.6 Å². The summed E-state index contributed by atoms with van der Waals surface area (Å²) < 4.78 is 18.8. The highest BCUT2D eigenvalue weighted by Crippen LogP contribution is 2.33. The summed E-state index contributed by atoms with van der Waals surface area (Å²) in [6.07, 6.45) is 3.30. The molecule has 0 aliphatic carbocycles. The van der Waals surface area contributed by atoms with Crippen LogP contribution in [0.3, 0.4) is 0 Å². The lowest BCUT2D eigenvalue weighted by Gasteiger charge is -2.38. The fraction of sp³-hybridized carbons (Fsp3) is 0.471. The van der Waals surface area contributed by atoms with Crippen LogP contribution in [-0.2, 0) is 9.47 Å². The van der Waals surface area contributed by atoms with Gasteiger partial charge in [0, 0.05) is 37.7 Å². The maximum Gasteiger partial charge on any atom is 0.254 e. The number of nitrogens with zero attached hydrogens (tertiary/aromatic N) is 5. The second-order valence-electron chi connectivity index (χ2n) is 6.47. The van der Waals surface area contributed by atoms with E-state index in [2.05, 4.69) is 20.0 Å². The number of aryl methyl sites for hydroxylation is 1. The molecule has 0 amide bonds. The van der Waals surface area contributed by atoms with E-state index in [0.717, 1.165) is 37.4 Å². The van der Waals surface area contributed by atoms with E-state index in [9.17, 15) is 0 Å². The minimum absolute atomic E-state index is 0.389. The molecule has 25 heavy (non-hydrogen) atoms. The summed E-state index contributed by atoms with van der Waals surface area (Å²) in [4.78, 5) is 11.3. The lowest BCUT2D eigenvalue weighted by molar-refractivity contribution is -0.169. The van der Waals surface area contributed by atoms with Crippen LogP contribution in [-0.4, -0.2) is 51.7 Å². The molecule has 2 saturated heterocycles. The van der Waals surface area contributed by atoms with Gasteiger partial charge in [-0.2, -0.15) is 9.50 Å². The van der Waals surface area contributed by atoms with Gasteiger partial charge in [0.25, 0.3) is 5.78 Å². The van der Waals surface area contributed by atoms with E-state index in [0.29, 0.717) is 30.6 Å².